The highest BCUT2D eigenvalue weighted by molar-refractivity contribution is 7.16. The summed E-state index contributed by atoms with van der Waals surface area (Å²) in [4.78, 5) is 26.6. The van der Waals surface area contributed by atoms with E-state index in [9.17, 15) is 9.59 Å². The summed E-state index contributed by atoms with van der Waals surface area (Å²) in [5, 5.41) is 11.6. The van der Waals surface area contributed by atoms with Crippen molar-refractivity contribution in [3.63, 3.8) is 0 Å². The van der Waals surface area contributed by atoms with Crippen LogP contribution in [-0.4, -0.2) is 22.0 Å². The molecular formula is C11H14N2O3S. The van der Waals surface area contributed by atoms with Crippen LogP contribution >= 0.6 is 11.3 Å². The van der Waals surface area contributed by atoms with Crippen LogP contribution in [0.15, 0.2) is 12.3 Å². The Morgan fingerprint density at radius 1 is 1.47 bits per heavy atom. The van der Waals surface area contributed by atoms with Gasteiger partial charge in [0.15, 0.2) is 5.13 Å². The molecule has 0 saturated carbocycles. The Balaban J connectivity index is 2.70. The lowest BCUT2D eigenvalue weighted by molar-refractivity contribution is -0.131. The Labute approximate surface area is 103 Å². The zero-order valence-corrected chi connectivity index (χ0v) is 10.7. The third-order valence-corrected chi connectivity index (χ3v) is 2.69. The fraction of sp³-hybridized carbons (Fsp3) is 0.364. The van der Waals surface area contributed by atoms with Crippen molar-refractivity contribution >= 4 is 34.4 Å². The van der Waals surface area contributed by atoms with Gasteiger partial charge in [-0.25, -0.2) is 9.78 Å². The summed E-state index contributed by atoms with van der Waals surface area (Å²) in [7, 11) is 0. The van der Waals surface area contributed by atoms with Gasteiger partial charge in [-0.3, -0.25) is 4.79 Å². The summed E-state index contributed by atoms with van der Waals surface area (Å²) in [5.74, 6) is -1.14. The number of hydrogen-bond acceptors (Lipinski definition) is 4. The molecule has 5 nitrogen and oxygen atoms in total. The molecule has 0 bridgehead atoms. The van der Waals surface area contributed by atoms with Gasteiger partial charge in [0.25, 0.3) is 0 Å². The molecule has 1 aromatic heterocycles. The molecule has 0 aromatic carbocycles. The minimum Gasteiger partial charge on any atom is -0.478 e. The number of carboxylic acid groups (broad SMARTS) is 1. The number of amides is 1. The minimum absolute atomic E-state index is 0.124. The van der Waals surface area contributed by atoms with E-state index in [0.717, 1.165) is 6.08 Å². The van der Waals surface area contributed by atoms with E-state index in [-0.39, 0.29) is 5.91 Å². The molecule has 1 amide bonds. The number of nitrogens with zero attached hydrogens (tertiary/aromatic N) is 1. The first-order valence-corrected chi connectivity index (χ1v) is 5.79. The largest absolute Gasteiger partial charge is 0.478 e. The molecule has 1 aromatic rings. The second kappa shape index (κ2) is 5.09. The van der Waals surface area contributed by atoms with E-state index >= 15 is 0 Å². The number of nitrogens with one attached hydrogen (secondary N) is 1. The molecule has 1 heterocycles. The van der Waals surface area contributed by atoms with Crippen LogP contribution in [0.5, 0.6) is 0 Å². The quantitative estimate of drug-likeness (QED) is 0.811. The highest BCUT2D eigenvalue weighted by atomic mass is 32.1. The van der Waals surface area contributed by atoms with Crippen LogP contribution in [0.1, 0.15) is 25.6 Å². The number of hydrogen-bond donors (Lipinski definition) is 2. The van der Waals surface area contributed by atoms with Crippen LogP contribution < -0.4 is 5.32 Å². The van der Waals surface area contributed by atoms with E-state index in [1.165, 1.54) is 23.6 Å². The van der Waals surface area contributed by atoms with Gasteiger partial charge in [0.05, 0.1) is 0 Å². The summed E-state index contributed by atoms with van der Waals surface area (Å²) in [6.07, 6.45) is 3.98. The van der Waals surface area contributed by atoms with Gasteiger partial charge >= 0.3 is 5.97 Å². The summed E-state index contributed by atoms with van der Waals surface area (Å²) in [5.41, 5.74) is -0.483. The summed E-state index contributed by atoms with van der Waals surface area (Å²) in [6, 6.07) is 0. The van der Waals surface area contributed by atoms with Gasteiger partial charge in [-0.1, -0.05) is 32.1 Å². The van der Waals surface area contributed by atoms with Crippen LogP contribution in [0.2, 0.25) is 0 Å². The van der Waals surface area contributed by atoms with Crippen LogP contribution in [0.3, 0.4) is 0 Å². The molecule has 0 atom stereocenters. The van der Waals surface area contributed by atoms with Gasteiger partial charge < -0.3 is 10.4 Å². The molecule has 1 rings (SSSR count). The normalized spacial score (nSPS) is 11.7. The monoisotopic (exact) mass is 254 g/mol. The maximum Gasteiger partial charge on any atom is 0.328 e. The van der Waals surface area contributed by atoms with Gasteiger partial charge in [0.1, 0.15) is 0 Å². The third kappa shape index (κ3) is 4.36. The van der Waals surface area contributed by atoms with Crippen molar-refractivity contribution in [1.29, 1.82) is 0 Å². The van der Waals surface area contributed by atoms with E-state index in [4.69, 9.17) is 5.11 Å². The van der Waals surface area contributed by atoms with Crippen molar-refractivity contribution in [2.75, 3.05) is 5.32 Å². The molecule has 0 unspecified atom stereocenters. The molecular weight excluding hydrogens is 240 g/mol. The number of rotatable bonds is 3. The summed E-state index contributed by atoms with van der Waals surface area (Å²) in [6.45, 7) is 5.42. The molecule has 6 heteroatoms. The van der Waals surface area contributed by atoms with Crippen LogP contribution in [0.25, 0.3) is 6.08 Å². The fourth-order valence-corrected chi connectivity index (χ4v) is 1.57. The van der Waals surface area contributed by atoms with Gasteiger partial charge in [0.2, 0.25) is 5.91 Å². The maximum absolute atomic E-state index is 11.7. The van der Waals surface area contributed by atoms with E-state index in [0.29, 0.717) is 10.0 Å². The Hall–Kier alpha value is -1.69. The number of aliphatic carboxylic acids is 1. The standard InChI is InChI=1S/C11H14N2O3S/c1-11(2,3)9(16)13-10-12-6-7(17-10)4-5-8(14)15/h4-6H,1-3H3,(H,14,15)(H,12,13,16). The van der Waals surface area contributed by atoms with Crippen LogP contribution in [-0.2, 0) is 9.59 Å². The van der Waals surface area contributed by atoms with Crippen molar-refractivity contribution in [3.05, 3.63) is 17.2 Å². The molecule has 0 fully saturated rings. The highest BCUT2D eigenvalue weighted by Gasteiger charge is 2.21. The van der Waals surface area contributed by atoms with Gasteiger partial charge in [-0.05, 0) is 6.08 Å². The number of carbonyl (C=O) groups is 2. The molecule has 0 radical (unpaired) electrons. The van der Waals surface area contributed by atoms with Gasteiger partial charge in [0, 0.05) is 22.6 Å². The van der Waals surface area contributed by atoms with E-state index in [1.54, 1.807) is 20.8 Å². The minimum atomic E-state index is -1.02. The highest BCUT2D eigenvalue weighted by Crippen LogP contribution is 2.22. The lowest BCUT2D eigenvalue weighted by atomic mass is 9.96. The number of aromatic nitrogens is 1. The van der Waals surface area contributed by atoms with Crippen LogP contribution in [0, 0.1) is 5.41 Å². The molecule has 2 N–H and O–H groups in total. The van der Waals surface area contributed by atoms with E-state index in [1.807, 2.05) is 0 Å². The average molecular weight is 254 g/mol. The lowest BCUT2D eigenvalue weighted by Crippen LogP contribution is -2.27. The van der Waals surface area contributed by atoms with Gasteiger partial charge in [-0.2, -0.15) is 0 Å². The smallest absolute Gasteiger partial charge is 0.328 e. The summed E-state index contributed by atoms with van der Waals surface area (Å²) < 4.78 is 0. The molecule has 17 heavy (non-hydrogen) atoms. The first-order chi connectivity index (χ1) is 7.79. The predicted molar refractivity (Wildman–Crippen MR) is 66.9 cm³/mol. The third-order valence-electron chi connectivity index (χ3n) is 1.82. The van der Waals surface area contributed by atoms with Crippen LogP contribution in [0.4, 0.5) is 5.13 Å². The van der Waals surface area contributed by atoms with Crippen molar-refractivity contribution in [2.24, 2.45) is 5.41 Å². The van der Waals surface area contributed by atoms with Gasteiger partial charge in [-0.15, -0.1) is 0 Å². The van der Waals surface area contributed by atoms with E-state index < -0.39 is 11.4 Å². The summed E-state index contributed by atoms with van der Waals surface area (Å²) >= 11 is 1.23. The number of carboxylic acids is 1. The Bertz CT molecular complexity index is 458. The molecule has 0 aliphatic rings. The van der Waals surface area contributed by atoms with Crippen molar-refractivity contribution in [1.82, 2.24) is 4.98 Å². The SMILES string of the molecule is CC(C)(C)C(=O)Nc1ncc(C=CC(=O)O)s1. The first-order valence-electron chi connectivity index (χ1n) is 4.97. The van der Waals surface area contributed by atoms with Crippen molar-refractivity contribution < 1.29 is 14.7 Å². The Morgan fingerprint density at radius 2 is 2.12 bits per heavy atom. The molecule has 0 aliphatic carbocycles. The molecule has 0 saturated heterocycles. The number of thiazole rings is 1. The Morgan fingerprint density at radius 3 is 2.65 bits per heavy atom. The van der Waals surface area contributed by atoms with Crippen molar-refractivity contribution in [2.45, 2.75) is 20.8 Å². The molecule has 0 spiro atoms. The zero-order chi connectivity index (χ0) is 13.1. The second-order valence-corrected chi connectivity index (χ2v) is 5.51. The second-order valence-electron chi connectivity index (χ2n) is 4.44. The topological polar surface area (TPSA) is 79.3 Å². The van der Waals surface area contributed by atoms with Crippen molar-refractivity contribution in [3.8, 4) is 0 Å². The Kier molecular flexibility index (Phi) is 4.01. The lowest BCUT2D eigenvalue weighted by Gasteiger charge is -2.15. The van der Waals surface area contributed by atoms with E-state index in [2.05, 4.69) is 10.3 Å². The zero-order valence-electron chi connectivity index (χ0n) is 9.85. The number of anilines is 1. The molecule has 0 aliphatic heterocycles. The maximum atomic E-state index is 11.7. The fourth-order valence-electron chi connectivity index (χ4n) is 0.859. The molecule has 92 valence electrons. The predicted octanol–water partition coefficient (Wildman–Crippen LogP) is 2.23. The first kappa shape index (κ1) is 13.4. The average Bonchev–Trinajstić information content (AvgIpc) is 2.61. The number of carbonyl (C=O) groups excluding carboxylic acids is 1.